The van der Waals surface area contributed by atoms with Crippen molar-refractivity contribution in [2.45, 2.75) is 32.4 Å². The molecule has 0 atom stereocenters. The molecule has 1 fully saturated rings. The molecule has 10 heteroatoms. The number of thiophene rings is 1. The molecule has 0 radical (unpaired) electrons. The number of aliphatic imine (C=N–C) groups is 1. The smallest absolute Gasteiger partial charge is 0.409 e. The van der Waals surface area contributed by atoms with Gasteiger partial charge in [-0.25, -0.2) is 14.8 Å². The topological polar surface area (TPSA) is 106 Å². The molecule has 1 aliphatic heterocycles. The molecule has 3 heterocycles. The molecule has 0 bridgehead atoms. The Labute approximate surface area is 179 Å². The van der Waals surface area contributed by atoms with E-state index in [1.807, 2.05) is 24.4 Å². The molecule has 3 rings (SSSR count). The second-order valence-corrected chi connectivity index (χ2v) is 6.88. The molecular formula is C17H24IN5O3S. The van der Waals surface area contributed by atoms with Crippen LogP contribution in [0.2, 0.25) is 0 Å². The number of amides is 1. The minimum Gasteiger partial charge on any atom is -0.450 e. The molecule has 1 amide bonds. The number of piperidine rings is 1. The molecular weight excluding hydrogens is 481 g/mol. The molecule has 1 saturated heterocycles. The van der Waals surface area contributed by atoms with E-state index in [4.69, 9.17) is 14.9 Å². The molecule has 0 aliphatic carbocycles. The van der Waals surface area contributed by atoms with Gasteiger partial charge in [0.25, 0.3) is 0 Å². The van der Waals surface area contributed by atoms with Crippen LogP contribution in [-0.2, 0) is 11.3 Å². The van der Waals surface area contributed by atoms with E-state index in [2.05, 4.69) is 15.3 Å². The number of carbonyl (C=O) groups excluding carboxylic acids is 1. The SMILES string of the molecule is CCOC(=O)N1CCC(NC(N)=NCc2coc(-c3cccs3)n2)CC1.I. The third-order valence-electron chi connectivity index (χ3n) is 4.07. The van der Waals surface area contributed by atoms with Gasteiger partial charge >= 0.3 is 6.09 Å². The Balaban J connectivity index is 0.00000261. The number of likely N-dealkylation sites (tertiary alicyclic amines) is 1. The van der Waals surface area contributed by atoms with Gasteiger partial charge in [0.2, 0.25) is 5.89 Å². The van der Waals surface area contributed by atoms with Crippen molar-refractivity contribution in [3.05, 3.63) is 29.5 Å². The average Bonchev–Trinajstić information content (AvgIpc) is 3.32. The number of nitrogens with zero attached hydrogens (tertiary/aromatic N) is 3. The number of halogens is 1. The van der Waals surface area contributed by atoms with Gasteiger partial charge in [0, 0.05) is 19.1 Å². The Morgan fingerprint density at radius 3 is 2.96 bits per heavy atom. The molecule has 0 unspecified atom stereocenters. The van der Waals surface area contributed by atoms with E-state index in [1.165, 1.54) is 0 Å². The monoisotopic (exact) mass is 505 g/mol. The maximum atomic E-state index is 11.7. The van der Waals surface area contributed by atoms with Gasteiger partial charge in [0.15, 0.2) is 5.96 Å². The first-order valence-corrected chi connectivity index (χ1v) is 9.50. The highest BCUT2D eigenvalue weighted by Gasteiger charge is 2.23. The Morgan fingerprint density at radius 1 is 1.52 bits per heavy atom. The number of hydrogen-bond donors (Lipinski definition) is 2. The van der Waals surface area contributed by atoms with E-state index >= 15 is 0 Å². The number of oxazole rings is 1. The average molecular weight is 505 g/mol. The van der Waals surface area contributed by atoms with Crippen molar-refractivity contribution < 1.29 is 13.9 Å². The Hall–Kier alpha value is -1.82. The van der Waals surface area contributed by atoms with Crippen LogP contribution in [0, 0.1) is 0 Å². The first-order valence-electron chi connectivity index (χ1n) is 8.62. The number of nitrogens with one attached hydrogen (secondary N) is 1. The zero-order valence-electron chi connectivity index (χ0n) is 15.1. The summed E-state index contributed by atoms with van der Waals surface area (Å²) in [6, 6.07) is 4.11. The number of rotatable bonds is 5. The highest BCUT2D eigenvalue weighted by atomic mass is 127. The zero-order chi connectivity index (χ0) is 18.4. The number of guanidine groups is 1. The molecule has 8 nitrogen and oxygen atoms in total. The largest absolute Gasteiger partial charge is 0.450 e. The molecule has 3 N–H and O–H groups in total. The van der Waals surface area contributed by atoms with Gasteiger partial charge in [-0.2, -0.15) is 0 Å². The third kappa shape index (κ3) is 6.09. The fourth-order valence-corrected chi connectivity index (χ4v) is 3.39. The standard InChI is InChI=1S/C17H23N5O3S.HI/c1-2-24-17(23)22-7-5-12(6-8-22)21-16(18)19-10-13-11-25-15(20-13)14-4-3-9-26-14;/h3-4,9,11-12H,2,5-8,10H2,1H3,(H3,18,19,21);1H. The Morgan fingerprint density at radius 2 is 2.30 bits per heavy atom. The van der Waals surface area contributed by atoms with Gasteiger partial charge in [-0.1, -0.05) is 6.07 Å². The van der Waals surface area contributed by atoms with Gasteiger partial charge in [0.1, 0.15) is 12.0 Å². The molecule has 0 aromatic carbocycles. The summed E-state index contributed by atoms with van der Waals surface area (Å²) in [7, 11) is 0. The molecule has 2 aromatic heterocycles. The fraction of sp³-hybridized carbons (Fsp3) is 0.471. The predicted octanol–water partition coefficient (Wildman–Crippen LogP) is 3.05. The van der Waals surface area contributed by atoms with Crippen LogP contribution in [-0.4, -0.2) is 47.7 Å². The van der Waals surface area contributed by atoms with Crippen LogP contribution in [0.4, 0.5) is 4.79 Å². The summed E-state index contributed by atoms with van der Waals surface area (Å²) in [6.45, 7) is 3.86. The number of ether oxygens (including phenoxy) is 1. The lowest BCUT2D eigenvalue weighted by molar-refractivity contribution is 0.0963. The second-order valence-electron chi connectivity index (χ2n) is 5.93. The molecule has 1 aliphatic rings. The summed E-state index contributed by atoms with van der Waals surface area (Å²) < 4.78 is 10.5. The van der Waals surface area contributed by atoms with Crippen molar-refractivity contribution in [2.75, 3.05) is 19.7 Å². The van der Waals surface area contributed by atoms with E-state index in [0.717, 1.165) is 23.4 Å². The summed E-state index contributed by atoms with van der Waals surface area (Å²) in [5, 5.41) is 5.19. The van der Waals surface area contributed by atoms with E-state index < -0.39 is 0 Å². The van der Waals surface area contributed by atoms with Crippen LogP contribution in [0.5, 0.6) is 0 Å². The minimum atomic E-state index is -0.250. The number of hydrogen-bond acceptors (Lipinski definition) is 6. The lowest BCUT2D eigenvalue weighted by Gasteiger charge is -2.31. The Bertz CT molecular complexity index is 742. The van der Waals surface area contributed by atoms with Gasteiger partial charge in [-0.15, -0.1) is 35.3 Å². The van der Waals surface area contributed by atoms with Gasteiger partial charge in [-0.3, -0.25) is 0 Å². The third-order valence-corrected chi connectivity index (χ3v) is 4.93. The van der Waals surface area contributed by atoms with Crippen LogP contribution >= 0.6 is 35.3 Å². The molecule has 148 valence electrons. The normalized spacial score (nSPS) is 15.3. The van der Waals surface area contributed by atoms with Crippen LogP contribution < -0.4 is 11.1 Å². The zero-order valence-corrected chi connectivity index (χ0v) is 18.2. The van der Waals surface area contributed by atoms with Crippen molar-refractivity contribution >= 4 is 47.4 Å². The van der Waals surface area contributed by atoms with Crippen molar-refractivity contribution in [1.82, 2.24) is 15.2 Å². The van der Waals surface area contributed by atoms with Gasteiger partial charge in [-0.05, 0) is 31.2 Å². The van der Waals surface area contributed by atoms with Crippen molar-refractivity contribution in [3.8, 4) is 10.8 Å². The Kier molecular flexibility index (Phi) is 8.35. The second kappa shape index (κ2) is 10.5. The lowest BCUT2D eigenvalue weighted by Crippen LogP contribution is -2.48. The summed E-state index contributed by atoms with van der Waals surface area (Å²) in [5.41, 5.74) is 6.70. The van der Waals surface area contributed by atoms with E-state index in [-0.39, 0.29) is 36.1 Å². The van der Waals surface area contributed by atoms with E-state index in [0.29, 0.717) is 38.1 Å². The van der Waals surface area contributed by atoms with E-state index in [1.54, 1.807) is 22.5 Å². The van der Waals surface area contributed by atoms with Crippen molar-refractivity contribution in [3.63, 3.8) is 0 Å². The van der Waals surface area contributed by atoms with Crippen molar-refractivity contribution in [1.29, 1.82) is 0 Å². The van der Waals surface area contributed by atoms with Crippen LogP contribution in [0.25, 0.3) is 10.8 Å². The van der Waals surface area contributed by atoms with Crippen LogP contribution in [0.1, 0.15) is 25.5 Å². The fourth-order valence-electron chi connectivity index (χ4n) is 2.74. The summed E-state index contributed by atoms with van der Waals surface area (Å²) in [6.07, 6.45) is 2.97. The molecule has 2 aromatic rings. The quantitative estimate of drug-likeness (QED) is 0.368. The highest BCUT2D eigenvalue weighted by molar-refractivity contribution is 14.0. The summed E-state index contributed by atoms with van der Waals surface area (Å²) in [5.74, 6) is 0.975. The van der Waals surface area contributed by atoms with Crippen molar-refractivity contribution in [2.24, 2.45) is 10.7 Å². The molecule has 0 spiro atoms. The minimum absolute atomic E-state index is 0. The first-order chi connectivity index (χ1) is 12.7. The predicted molar refractivity (Wildman–Crippen MR) is 115 cm³/mol. The maximum Gasteiger partial charge on any atom is 0.409 e. The molecule has 0 saturated carbocycles. The summed E-state index contributed by atoms with van der Waals surface area (Å²) in [4.78, 5) is 23.1. The highest BCUT2D eigenvalue weighted by Crippen LogP contribution is 2.23. The summed E-state index contributed by atoms with van der Waals surface area (Å²) >= 11 is 1.58. The lowest BCUT2D eigenvalue weighted by atomic mass is 10.1. The number of aromatic nitrogens is 1. The number of nitrogens with two attached hydrogens (primary N) is 1. The van der Waals surface area contributed by atoms with E-state index in [9.17, 15) is 4.79 Å². The van der Waals surface area contributed by atoms with Crippen LogP contribution in [0.3, 0.4) is 0 Å². The van der Waals surface area contributed by atoms with Crippen LogP contribution in [0.15, 0.2) is 33.2 Å². The first kappa shape index (κ1) is 21.5. The van der Waals surface area contributed by atoms with Gasteiger partial charge < -0.3 is 25.1 Å². The number of carbonyl (C=O) groups is 1. The molecule has 27 heavy (non-hydrogen) atoms. The van der Waals surface area contributed by atoms with Gasteiger partial charge in [0.05, 0.1) is 18.0 Å². The maximum absolute atomic E-state index is 11.7.